The maximum atomic E-state index is 9.30. The molecular weight excluding hydrogens is 226 g/mol. The molecule has 0 aromatic carbocycles. The van der Waals surface area contributed by atoms with Crippen LogP contribution in [-0.2, 0) is 6.54 Å². The Hall–Kier alpha value is -0.270. The second-order valence-corrected chi connectivity index (χ2v) is 4.92. The average molecular weight is 236 g/mol. The molecule has 1 aromatic heterocycles. The van der Waals surface area contributed by atoms with E-state index in [1.54, 1.807) is 0 Å². The lowest BCUT2D eigenvalue weighted by Crippen LogP contribution is -2.22. The largest absolute Gasteiger partial charge is 0.389 e. The van der Waals surface area contributed by atoms with Crippen LogP contribution in [0, 0.1) is 0 Å². The van der Waals surface area contributed by atoms with Gasteiger partial charge in [-0.15, -0.1) is 10.2 Å². The minimum absolute atomic E-state index is 0.417. The number of halogens is 1. The van der Waals surface area contributed by atoms with Crippen LogP contribution in [0.2, 0.25) is 4.47 Å². The number of aliphatic hydroxyl groups is 2. The van der Waals surface area contributed by atoms with Crippen molar-refractivity contribution in [2.75, 3.05) is 13.1 Å². The van der Waals surface area contributed by atoms with Gasteiger partial charge in [0.15, 0.2) is 0 Å². The molecule has 78 valence electrons. The monoisotopic (exact) mass is 235 g/mol. The fraction of sp³-hybridized carbons (Fsp3) is 0.714. The van der Waals surface area contributed by atoms with Crippen LogP contribution in [0.5, 0.6) is 0 Å². The third-order valence-electron chi connectivity index (χ3n) is 2.14. The molecule has 0 spiro atoms. The van der Waals surface area contributed by atoms with E-state index >= 15 is 0 Å². The van der Waals surface area contributed by atoms with Crippen LogP contribution in [0.4, 0.5) is 0 Å². The van der Waals surface area contributed by atoms with Gasteiger partial charge in [0.2, 0.25) is 4.47 Å². The summed E-state index contributed by atoms with van der Waals surface area (Å²) in [6.45, 7) is 1.52. The van der Waals surface area contributed by atoms with Crippen LogP contribution in [0.1, 0.15) is 5.01 Å². The van der Waals surface area contributed by atoms with Crippen molar-refractivity contribution in [3.05, 3.63) is 9.47 Å². The number of hydrogen-bond acceptors (Lipinski definition) is 6. The SMILES string of the molecule is O[C@@H]1CN(Cc2nnc(Cl)s2)C[C@@H]1O. The molecule has 0 bridgehead atoms. The summed E-state index contributed by atoms with van der Waals surface area (Å²) in [5.41, 5.74) is 0. The van der Waals surface area contributed by atoms with Crippen LogP contribution in [0.25, 0.3) is 0 Å². The summed E-state index contributed by atoms with van der Waals surface area (Å²) in [5, 5.41) is 26.9. The number of nitrogens with zero attached hydrogens (tertiary/aromatic N) is 3. The highest BCUT2D eigenvalue weighted by molar-refractivity contribution is 7.15. The molecular formula is C7H10ClN3O2S. The van der Waals surface area contributed by atoms with Crippen molar-refractivity contribution in [3.8, 4) is 0 Å². The quantitative estimate of drug-likeness (QED) is 0.739. The lowest BCUT2D eigenvalue weighted by atomic mass is 10.3. The second-order valence-electron chi connectivity index (χ2n) is 3.28. The molecule has 0 amide bonds. The van der Waals surface area contributed by atoms with E-state index in [-0.39, 0.29) is 0 Å². The molecule has 5 nitrogen and oxygen atoms in total. The predicted molar refractivity (Wildman–Crippen MR) is 52.2 cm³/mol. The van der Waals surface area contributed by atoms with Crippen LogP contribution in [-0.4, -0.2) is 50.6 Å². The molecule has 1 fully saturated rings. The molecule has 7 heteroatoms. The van der Waals surface area contributed by atoms with Crippen molar-refractivity contribution >= 4 is 22.9 Å². The van der Waals surface area contributed by atoms with Crippen molar-refractivity contribution in [3.63, 3.8) is 0 Å². The van der Waals surface area contributed by atoms with Gasteiger partial charge < -0.3 is 10.2 Å². The molecule has 1 aliphatic rings. The fourth-order valence-corrected chi connectivity index (χ4v) is 2.37. The summed E-state index contributed by atoms with van der Waals surface area (Å²) in [6.07, 6.45) is -1.31. The Morgan fingerprint density at radius 2 is 2.00 bits per heavy atom. The molecule has 2 N–H and O–H groups in total. The van der Waals surface area contributed by atoms with Gasteiger partial charge in [0.1, 0.15) is 5.01 Å². The highest BCUT2D eigenvalue weighted by Crippen LogP contribution is 2.19. The zero-order valence-corrected chi connectivity index (χ0v) is 8.87. The predicted octanol–water partition coefficient (Wildman–Crippen LogP) is -0.271. The molecule has 0 aliphatic carbocycles. The molecule has 0 radical (unpaired) electrons. The number of hydrogen-bond donors (Lipinski definition) is 2. The zero-order chi connectivity index (χ0) is 10.1. The number of rotatable bonds is 2. The van der Waals surface area contributed by atoms with Crippen molar-refractivity contribution in [1.29, 1.82) is 0 Å². The van der Waals surface area contributed by atoms with Gasteiger partial charge in [0.05, 0.1) is 18.8 Å². The number of aromatic nitrogens is 2. The third-order valence-corrected chi connectivity index (χ3v) is 3.14. The molecule has 1 saturated heterocycles. The second kappa shape index (κ2) is 4.08. The van der Waals surface area contributed by atoms with E-state index in [1.165, 1.54) is 11.3 Å². The van der Waals surface area contributed by atoms with Gasteiger partial charge in [-0.25, -0.2) is 0 Å². The van der Waals surface area contributed by atoms with Crippen molar-refractivity contribution in [1.82, 2.24) is 15.1 Å². The highest BCUT2D eigenvalue weighted by atomic mass is 35.5. The van der Waals surface area contributed by atoms with E-state index in [1.807, 2.05) is 4.90 Å². The highest BCUT2D eigenvalue weighted by Gasteiger charge is 2.29. The molecule has 14 heavy (non-hydrogen) atoms. The first-order valence-electron chi connectivity index (χ1n) is 4.21. The average Bonchev–Trinajstić information content (AvgIpc) is 2.62. The molecule has 2 atom stereocenters. The Labute approximate surface area is 89.9 Å². The normalized spacial score (nSPS) is 28.5. The Balaban J connectivity index is 1.93. The first-order valence-corrected chi connectivity index (χ1v) is 5.41. The van der Waals surface area contributed by atoms with Gasteiger partial charge in [-0.05, 0) is 11.6 Å². The first kappa shape index (κ1) is 10.3. The molecule has 0 unspecified atom stereocenters. The zero-order valence-electron chi connectivity index (χ0n) is 7.30. The lowest BCUT2D eigenvalue weighted by Gasteiger charge is -2.11. The van der Waals surface area contributed by atoms with Crippen molar-refractivity contribution < 1.29 is 10.2 Å². The Kier molecular flexibility index (Phi) is 2.99. The minimum Gasteiger partial charge on any atom is -0.389 e. The van der Waals surface area contributed by atoms with E-state index in [4.69, 9.17) is 11.6 Å². The van der Waals surface area contributed by atoms with Crippen molar-refractivity contribution in [2.45, 2.75) is 18.8 Å². The fourth-order valence-electron chi connectivity index (χ4n) is 1.46. The molecule has 2 rings (SSSR count). The Morgan fingerprint density at radius 3 is 2.50 bits per heavy atom. The number of β-amino-alcohol motifs (C(OH)–C–C–N with tert-alkyl or cyclic N) is 2. The summed E-state index contributed by atoms with van der Waals surface area (Å²) < 4.78 is 0.417. The first-order chi connectivity index (χ1) is 6.65. The molecule has 2 heterocycles. The minimum atomic E-state index is -0.654. The van der Waals surface area contributed by atoms with Gasteiger partial charge in [-0.1, -0.05) is 11.3 Å². The standard InChI is InChI=1S/C7H10ClN3O2S/c8-7-10-9-6(14-7)3-11-1-4(12)5(13)2-11/h4-5,12-13H,1-3H2/t4-,5+. The summed E-state index contributed by atoms with van der Waals surface area (Å²) in [7, 11) is 0. The van der Waals surface area contributed by atoms with E-state index in [2.05, 4.69) is 10.2 Å². The Bertz CT molecular complexity index is 312. The number of likely N-dealkylation sites (tertiary alicyclic amines) is 1. The van der Waals surface area contributed by atoms with Gasteiger partial charge in [0, 0.05) is 13.1 Å². The summed E-state index contributed by atoms with van der Waals surface area (Å²) >= 11 is 6.95. The molecule has 0 saturated carbocycles. The third kappa shape index (κ3) is 2.21. The van der Waals surface area contributed by atoms with Gasteiger partial charge in [0.25, 0.3) is 0 Å². The van der Waals surface area contributed by atoms with Crippen LogP contribution in [0.15, 0.2) is 0 Å². The van der Waals surface area contributed by atoms with Gasteiger partial charge in [-0.3, -0.25) is 4.90 Å². The van der Waals surface area contributed by atoms with E-state index in [0.29, 0.717) is 24.1 Å². The van der Waals surface area contributed by atoms with Crippen LogP contribution >= 0.6 is 22.9 Å². The van der Waals surface area contributed by atoms with E-state index < -0.39 is 12.2 Å². The summed E-state index contributed by atoms with van der Waals surface area (Å²) in [4.78, 5) is 1.92. The van der Waals surface area contributed by atoms with Crippen LogP contribution in [0.3, 0.4) is 0 Å². The van der Waals surface area contributed by atoms with Gasteiger partial charge >= 0.3 is 0 Å². The Morgan fingerprint density at radius 1 is 1.36 bits per heavy atom. The smallest absolute Gasteiger partial charge is 0.207 e. The number of aliphatic hydroxyl groups excluding tert-OH is 2. The van der Waals surface area contributed by atoms with Crippen molar-refractivity contribution in [2.24, 2.45) is 0 Å². The molecule has 1 aromatic rings. The summed E-state index contributed by atoms with van der Waals surface area (Å²) in [5.74, 6) is 0. The maximum Gasteiger partial charge on any atom is 0.207 e. The molecule has 1 aliphatic heterocycles. The van der Waals surface area contributed by atoms with Gasteiger partial charge in [-0.2, -0.15) is 0 Å². The van der Waals surface area contributed by atoms with Crippen LogP contribution < -0.4 is 0 Å². The van der Waals surface area contributed by atoms with E-state index in [9.17, 15) is 10.2 Å². The van der Waals surface area contributed by atoms with E-state index in [0.717, 1.165) is 5.01 Å². The lowest BCUT2D eigenvalue weighted by molar-refractivity contribution is 0.0572. The maximum absolute atomic E-state index is 9.30. The topological polar surface area (TPSA) is 69.5 Å². The summed E-state index contributed by atoms with van der Waals surface area (Å²) in [6, 6.07) is 0.